The molecule has 0 saturated carbocycles. The van der Waals surface area contributed by atoms with Gasteiger partial charge in [0.05, 0.1) is 6.61 Å². The van der Waals surface area contributed by atoms with Crippen LogP contribution in [0.3, 0.4) is 0 Å². The van der Waals surface area contributed by atoms with Gasteiger partial charge < -0.3 is 14.8 Å². The maximum atomic E-state index is 6.08. The Bertz CT molecular complexity index is 419. The lowest BCUT2D eigenvalue weighted by molar-refractivity contribution is 0.0495. The van der Waals surface area contributed by atoms with Crippen LogP contribution in [0.2, 0.25) is 0 Å². The highest BCUT2D eigenvalue weighted by molar-refractivity contribution is 9.10. The summed E-state index contributed by atoms with van der Waals surface area (Å²) in [6, 6.07) is 6.54. The second kappa shape index (κ2) is 8.01. The van der Waals surface area contributed by atoms with Crippen LogP contribution < -0.4 is 10.1 Å². The third-order valence-electron chi connectivity index (χ3n) is 3.76. The van der Waals surface area contributed by atoms with Crippen molar-refractivity contribution in [3.8, 4) is 5.75 Å². The molecule has 1 fully saturated rings. The van der Waals surface area contributed by atoms with E-state index in [1.54, 1.807) is 0 Å². The SMILES string of the molecule is CCNC(C)c1cc(Br)ccc1OCC1CCOCC1. The van der Waals surface area contributed by atoms with Crippen LogP contribution in [0.5, 0.6) is 5.75 Å². The van der Waals surface area contributed by atoms with Crippen LogP contribution in [0.4, 0.5) is 0 Å². The van der Waals surface area contributed by atoms with Gasteiger partial charge in [0.1, 0.15) is 5.75 Å². The minimum absolute atomic E-state index is 0.294. The Morgan fingerprint density at radius 3 is 2.85 bits per heavy atom. The monoisotopic (exact) mass is 341 g/mol. The molecule has 3 nitrogen and oxygen atoms in total. The average Bonchev–Trinajstić information content (AvgIpc) is 2.47. The first-order valence-corrected chi connectivity index (χ1v) is 8.23. The van der Waals surface area contributed by atoms with Gasteiger partial charge in [0.2, 0.25) is 0 Å². The molecule has 1 heterocycles. The number of halogens is 1. The molecule has 1 atom stereocenters. The number of hydrogen-bond donors (Lipinski definition) is 1. The van der Waals surface area contributed by atoms with Crippen molar-refractivity contribution in [3.63, 3.8) is 0 Å². The van der Waals surface area contributed by atoms with Crippen LogP contribution in [0, 0.1) is 5.92 Å². The quantitative estimate of drug-likeness (QED) is 0.850. The molecular formula is C16H24BrNO2. The highest BCUT2D eigenvalue weighted by Gasteiger charge is 2.16. The molecule has 1 aliphatic rings. The molecule has 1 saturated heterocycles. The number of ether oxygens (including phenoxy) is 2. The first kappa shape index (κ1) is 15.8. The average molecular weight is 342 g/mol. The van der Waals surface area contributed by atoms with E-state index in [0.717, 1.165) is 49.4 Å². The summed E-state index contributed by atoms with van der Waals surface area (Å²) in [5.74, 6) is 1.61. The van der Waals surface area contributed by atoms with Crippen molar-refractivity contribution >= 4 is 15.9 Å². The molecule has 0 amide bonds. The van der Waals surface area contributed by atoms with E-state index in [1.807, 2.05) is 6.07 Å². The fourth-order valence-corrected chi connectivity index (χ4v) is 2.90. The Hall–Kier alpha value is -0.580. The standard InChI is InChI=1S/C16H24BrNO2/c1-3-18-12(2)15-10-14(17)4-5-16(15)20-11-13-6-8-19-9-7-13/h4-5,10,12-13,18H,3,6-9,11H2,1-2H3. The minimum Gasteiger partial charge on any atom is -0.493 e. The topological polar surface area (TPSA) is 30.5 Å². The van der Waals surface area contributed by atoms with Crippen LogP contribution >= 0.6 is 15.9 Å². The second-order valence-corrected chi connectivity index (χ2v) is 6.24. The highest BCUT2D eigenvalue weighted by atomic mass is 79.9. The Morgan fingerprint density at radius 2 is 2.15 bits per heavy atom. The molecule has 4 heteroatoms. The Labute approximate surface area is 130 Å². The summed E-state index contributed by atoms with van der Waals surface area (Å²) in [6.07, 6.45) is 2.21. The lowest BCUT2D eigenvalue weighted by Crippen LogP contribution is -2.23. The summed E-state index contributed by atoms with van der Waals surface area (Å²) < 4.78 is 12.6. The summed E-state index contributed by atoms with van der Waals surface area (Å²) in [6.45, 7) is 7.78. The van der Waals surface area contributed by atoms with E-state index in [4.69, 9.17) is 9.47 Å². The maximum absolute atomic E-state index is 6.08. The maximum Gasteiger partial charge on any atom is 0.124 e. The third-order valence-corrected chi connectivity index (χ3v) is 4.26. The zero-order chi connectivity index (χ0) is 14.4. The van der Waals surface area contributed by atoms with Gasteiger partial charge in [-0.05, 0) is 50.4 Å². The van der Waals surface area contributed by atoms with Crippen molar-refractivity contribution in [1.82, 2.24) is 5.32 Å². The summed E-state index contributed by atoms with van der Waals surface area (Å²) >= 11 is 3.54. The molecule has 0 aromatic heterocycles. The summed E-state index contributed by atoms with van der Waals surface area (Å²) in [5, 5.41) is 3.45. The normalized spacial score (nSPS) is 17.9. The molecule has 112 valence electrons. The molecule has 0 spiro atoms. The fraction of sp³-hybridized carbons (Fsp3) is 0.625. The van der Waals surface area contributed by atoms with Crippen molar-refractivity contribution in [1.29, 1.82) is 0 Å². The van der Waals surface area contributed by atoms with Gasteiger partial charge in [-0.1, -0.05) is 22.9 Å². The van der Waals surface area contributed by atoms with Gasteiger partial charge in [-0.2, -0.15) is 0 Å². The molecule has 1 aliphatic heterocycles. The van der Waals surface area contributed by atoms with Gasteiger partial charge in [0.25, 0.3) is 0 Å². The number of hydrogen-bond acceptors (Lipinski definition) is 3. The van der Waals surface area contributed by atoms with E-state index < -0.39 is 0 Å². The van der Waals surface area contributed by atoms with Gasteiger partial charge in [0.15, 0.2) is 0 Å². The summed E-state index contributed by atoms with van der Waals surface area (Å²) in [5.41, 5.74) is 1.22. The molecule has 0 bridgehead atoms. The van der Waals surface area contributed by atoms with Crippen LogP contribution in [0.25, 0.3) is 0 Å². The molecule has 0 aliphatic carbocycles. The Kier molecular flexibility index (Phi) is 6.33. The summed E-state index contributed by atoms with van der Waals surface area (Å²) in [7, 11) is 0. The Morgan fingerprint density at radius 1 is 1.40 bits per heavy atom. The molecule has 1 unspecified atom stereocenters. The lowest BCUT2D eigenvalue weighted by atomic mass is 10.0. The molecule has 2 rings (SSSR count). The van der Waals surface area contributed by atoms with E-state index >= 15 is 0 Å². The lowest BCUT2D eigenvalue weighted by Gasteiger charge is -2.24. The van der Waals surface area contributed by atoms with E-state index in [2.05, 4.69) is 47.2 Å². The number of rotatable bonds is 6. The van der Waals surface area contributed by atoms with Crippen LogP contribution in [0.15, 0.2) is 22.7 Å². The van der Waals surface area contributed by atoms with Gasteiger partial charge in [0, 0.05) is 29.3 Å². The molecular weight excluding hydrogens is 318 g/mol. The van der Waals surface area contributed by atoms with Crippen molar-refractivity contribution in [2.75, 3.05) is 26.4 Å². The van der Waals surface area contributed by atoms with Crippen LogP contribution in [-0.4, -0.2) is 26.4 Å². The van der Waals surface area contributed by atoms with E-state index in [9.17, 15) is 0 Å². The van der Waals surface area contributed by atoms with Gasteiger partial charge in [-0.15, -0.1) is 0 Å². The fourth-order valence-electron chi connectivity index (χ4n) is 2.53. The number of benzene rings is 1. The van der Waals surface area contributed by atoms with E-state index in [0.29, 0.717) is 12.0 Å². The summed E-state index contributed by atoms with van der Waals surface area (Å²) in [4.78, 5) is 0. The van der Waals surface area contributed by atoms with E-state index in [-0.39, 0.29) is 0 Å². The smallest absolute Gasteiger partial charge is 0.124 e. The van der Waals surface area contributed by atoms with Crippen molar-refractivity contribution in [2.24, 2.45) is 5.92 Å². The predicted octanol–water partition coefficient (Wildman–Crippen LogP) is 3.93. The van der Waals surface area contributed by atoms with Crippen molar-refractivity contribution < 1.29 is 9.47 Å². The Balaban J connectivity index is 2.01. The van der Waals surface area contributed by atoms with Crippen molar-refractivity contribution in [2.45, 2.75) is 32.7 Å². The molecule has 1 aromatic carbocycles. The van der Waals surface area contributed by atoms with Gasteiger partial charge in [-0.25, -0.2) is 0 Å². The largest absolute Gasteiger partial charge is 0.493 e. The second-order valence-electron chi connectivity index (χ2n) is 5.33. The van der Waals surface area contributed by atoms with Crippen molar-refractivity contribution in [3.05, 3.63) is 28.2 Å². The van der Waals surface area contributed by atoms with Crippen LogP contribution in [-0.2, 0) is 4.74 Å². The third kappa shape index (κ3) is 4.47. The molecule has 1 N–H and O–H groups in total. The van der Waals surface area contributed by atoms with Crippen LogP contribution in [0.1, 0.15) is 38.3 Å². The van der Waals surface area contributed by atoms with Gasteiger partial charge in [-0.3, -0.25) is 0 Å². The van der Waals surface area contributed by atoms with E-state index in [1.165, 1.54) is 5.56 Å². The van der Waals surface area contributed by atoms with Gasteiger partial charge >= 0.3 is 0 Å². The minimum atomic E-state index is 0.294. The number of nitrogens with one attached hydrogen (secondary N) is 1. The first-order chi connectivity index (χ1) is 9.70. The zero-order valence-corrected chi connectivity index (χ0v) is 13.9. The molecule has 0 radical (unpaired) electrons. The molecule has 20 heavy (non-hydrogen) atoms. The highest BCUT2D eigenvalue weighted by Crippen LogP contribution is 2.29. The predicted molar refractivity (Wildman–Crippen MR) is 85.3 cm³/mol. The molecule has 1 aromatic rings. The first-order valence-electron chi connectivity index (χ1n) is 7.44. The zero-order valence-electron chi connectivity index (χ0n) is 12.3.